The Morgan fingerprint density at radius 3 is 2.56 bits per heavy atom. The molecule has 0 spiro atoms. The van der Waals surface area contributed by atoms with E-state index in [1.165, 1.54) is 25.3 Å². The number of carbonyl (C=O) groups excluding carboxylic acids is 1. The van der Waals surface area contributed by atoms with Crippen LogP contribution in [-0.4, -0.2) is 32.9 Å². The molecule has 0 bridgehead atoms. The number of non-ortho nitro benzene ring substituents is 1. The minimum Gasteiger partial charge on any atom is -0.496 e. The van der Waals surface area contributed by atoms with E-state index in [1.54, 1.807) is 6.92 Å². The topological polar surface area (TPSA) is 128 Å². The van der Waals surface area contributed by atoms with Gasteiger partial charge in [-0.1, -0.05) is 11.6 Å². The summed E-state index contributed by atoms with van der Waals surface area (Å²) in [5.41, 5.74) is -0.441. The highest BCUT2D eigenvalue weighted by Crippen LogP contribution is 2.30. The maximum Gasteiger partial charge on any atom is 0.271 e. The number of amides is 1. The molecule has 144 valence electrons. The van der Waals surface area contributed by atoms with E-state index < -0.39 is 20.9 Å². The highest BCUT2D eigenvalue weighted by Gasteiger charge is 2.21. The van der Waals surface area contributed by atoms with Gasteiger partial charge in [-0.3, -0.25) is 19.6 Å². The molecule has 0 heterocycles. The van der Waals surface area contributed by atoms with Gasteiger partial charge in [0.25, 0.3) is 21.6 Å². The number of benzene rings is 2. The normalized spacial score (nSPS) is 10.9. The molecule has 2 aromatic carbocycles. The zero-order valence-electron chi connectivity index (χ0n) is 14.4. The minimum atomic E-state index is -4.17. The van der Waals surface area contributed by atoms with E-state index in [2.05, 4.69) is 10.0 Å². The largest absolute Gasteiger partial charge is 0.496 e. The molecule has 0 aromatic heterocycles. The molecule has 0 saturated carbocycles. The molecule has 1 amide bonds. The molecule has 0 saturated heterocycles. The fourth-order valence-corrected chi connectivity index (χ4v) is 3.51. The summed E-state index contributed by atoms with van der Waals surface area (Å²) in [7, 11) is -2.81. The van der Waals surface area contributed by atoms with E-state index in [1.807, 2.05) is 0 Å². The fraction of sp³-hybridized carbons (Fsp3) is 0.188. The third-order valence-electron chi connectivity index (χ3n) is 3.47. The van der Waals surface area contributed by atoms with E-state index in [-0.39, 0.29) is 32.6 Å². The molecule has 0 radical (unpaired) electrons. The number of nitro groups is 1. The summed E-state index contributed by atoms with van der Waals surface area (Å²) in [6.07, 6.45) is 0. The van der Waals surface area contributed by atoms with Crippen LogP contribution in [0.3, 0.4) is 0 Å². The van der Waals surface area contributed by atoms with Crippen molar-refractivity contribution in [2.24, 2.45) is 0 Å². The maximum absolute atomic E-state index is 12.7. The van der Waals surface area contributed by atoms with Crippen molar-refractivity contribution in [3.63, 3.8) is 0 Å². The number of ether oxygens (including phenoxy) is 1. The lowest BCUT2D eigenvalue weighted by Crippen LogP contribution is -2.24. The molecule has 2 aromatic rings. The summed E-state index contributed by atoms with van der Waals surface area (Å²) < 4.78 is 32.6. The van der Waals surface area contributed by atoms with E-state index in [9.17, 15) is 23.3 Å². The van der Waals surface area contributed by atoms with Crippen LogP contribution in [0.1, 0.15) is 17.3 Å². The van der Waals surface area contributed by atoms with Gasteiger partial charge in [0.2, 0.25) is 0 Å². The van der Waals surface area contributed by atoms with Crippen LogP contribution in [0.5, 0.6) is 5.75 Å². The predicted molar refractivity (Wildman–Crippen MR) is 99.9 cm³/mol. The molecular weight excluding hydrogens is 398 g/mol. The molecule has 0 atom stereocenters. The second kappa shape index (κ2) is 8.23. The summed E-state index contributed by atoms with van der Waals surface area (Å²) in [4.78, 5) is 22.1. The van der Waals surface area contributed by atoms with Gasteiger partial charge in [-0.2, -0.15) is 0 Å². The Balaban J connectivity index is 2.45. The van der Waals surface area contributed by atoms with Gasteiger partial charge in [0, 0.05) is 18.7 Å². The first-order valence-electron chi connectivity index (χ1n) is 7.62. The van der Waals surface area contributed by atoms with Crippen LogP contribution in [0.25, 0.3) is 0 Å². The van der Waals surface area contributed by atoms with Gasteiger partial charge in [-0.15, -0.1) is 0 Å². The Bertz CT molecular complexity index is 994. The molecule has 0 aliphatic rings. The maximum atomic E-state index is 12.7. The first kappa shape index (κ1) is 20.5. The van der Waals surface area contributed by atoms with Crippen molar-refractivity contribution in [2.75, 3.05) is 18.4 Å². The number of hydrogen-bond acceptors (Lipinski definition) is 6. The van der Waals surface area contributed by atoms with Crippen molar-refractivity contribution in [1.82, 2.24) is 5.32 Å². The number of nitro benzene ring substituents is 1. The second-order valence-electron chi connectivity index (χ2n) is 5.25. The van der Waals surface area contributed by atoms with Crippen LogP contribution in [0.15, 0.2) is 41.3 Å². The molecule has 0 unspecified atom stereocenters. The molecule has 9 nitrogen and oxygen atoms in total. The summed E-state index contributed by atoms with van der Waals surface area (Å²) in [6.45, 7) is 2.07. The number of hydrogen-bond donors (Lipinski definition) is 2. The van der Waals surface area contributed by atoms with Crippen molar-refractivity contribution in [1.29, 1.82) is 0 Å². The Hall–Kier alpha value is -2.85. The quantitative estimate of drug-likeness (QED) is 0.530. The Labute approximate surface area is 160 Å². The van der Waals surface area contributed by atoms with E-state index in [0.29, 0.717) is 6.54 Å². The van der Waals surface area contributed by atoms with Crippen LogP contribution in [0.2, 0.25) is 5.02 Å². The highest BCUT2D eigenvalue weighted by atomic mass is 35.5. The number of nitrogens with one attached hydrogen (secondary N) is 2. The van der Waals surface area contributed by atoms with Crippen LogP contribution in [-0.2, 0) is 10.0 Å². The molecule has 0 fully saturated rings. The minimum absolute atomic E-state index is 0.0124. The Kier molecular flexibility index (Phi) is 6.24. The number of halogens is 1. The first-order chi connectivity index (χ1) is 12.7. The van der Waals surface area contributed by atoms with Crippen molar-refractivity contribution in [3.8, 4) is 5.75 Å². The molecule has 0 aliphatic carbocycles. The summed E-state index contributed by atoms with van der Waals surface area (Å²) in [5, 5.41) is 13.4. The lowest BCUT2D eigenvalue weighted by atomic mass is 10.2. The number of nitrogens with zero attached hydrogens (tertiary/aromatic N) is 1. The average molecular weight is 414 g/mol. The summed E-state index contributed by atoms with van der Waals surface area (Å²) in [6, 6.07) is 7.11. The van der Waals surface area contributed by atoms with Gasteiger partial charge in [0.15, 0.2) is 0 Å². The number of anilines is 1. The predicted octanol–water partition coefficient (Wildman–Crippen LogP) is 2.81. The van der Waals surface area contributed by atoms with E-state index >= 15 is 0 Å². The Morgan fingerprint density at radius 2 is 1.96 bits per heavy atom. The first-order valence-corrected chi connectivity index (χ1v) is 9.48. The number of methoxy groups -OCH3 is 1. The smallest absolute Gasteiger partial charge is 0.271 e. The summed E-state index contributed by atoms with van der Waals surface area (Å²) in [5.74, 6) is -0.298. The van der Waals surface area contributed by atoms with Crippen LogP contribution in [0.4, 0.5) is 11.4 Å². The third kappa shape index (κ3) is 4.66. The summed E-state index contributed by atoms with van der Waals surface area (Å²) >= 11 is 5.93. The van der Waals surface area contributed by atoms with Crippen molar-refractivity contribution in [2.45, 2.75) is 11.8 Å². The monoisotopic (exact) mass is 413 g/mol. The lowest BCUT2D eigenvalue weighted by molar-refractivity contribution is -0.384. The van der Waals surface area contributed by atoms with Gasteiger partial charge < -0.3 is 10.1 Å². The second-order valence-corrected chi connectivity index (χ2v) is 7.34. The molecule has 2 N–H and O–H groups in total. The van der Waals surface area contributed by atoms with Crippen LogP contribution >= 0.6 is 11.6 Å². The van der Waals surface area contributed by atoms with Gasteiger partial charge >= 0.3 is 0 Å². The van der Waals surface area contributed by atoms with Crippen LogP contribution in [0, 0.1) is 10.1 Å². The van der Waals surface area contributed by atoms with Crippen molar-refractivity contribution in [3.05, 3.63) is 57.1 Å². The Morgan fingerprint density at radius 1 is 1.26 bits per heavy atom. The highest BCUT2D eigenvalue weighted by molar-refractivity contribution is 7.92. The SMILES string of the molecule is CCNC(=O)c1cc(S(=O)(=O)Nc2cc([N+](=O)[O-])ccc2Cl)ccc1OC. The van der Waals surface area contributed by atoms with Gasteiger partial charge in [-0.05, 0) is 31.2 Å². The molecular formula is C16H16ClN3O6S. The standard InChI is InChI=1S/C16H16ClN3O6S/c1-3-18-16(21)12-9-11(5-7-15(12)26-2)27(24,25)19-14-8-10(20(22)23)4-6-13(14)17/h4-9,19H,3H2,1-2H3,(H,18,21). The lowest BCUT2D eigenvalue weighted by Gasteiger charge is -2.13. The zero-order valence-corrected chi connectivity index (χ0v) is 15.9. The number of sulfonamides is 1. The van der Waals surface area contributed by atoms with Gasteiger partial charge in [0.05, 0.1) is 33.2 Å². The van der Waals surface area contributed by atoms with Gasteiger partial charge in [-0.25, -0.2) is 8.42 Å². The molecule has 11 heteroatoms. The third-order valence-corrected chi connectivity index (χ3v) is 5.16. The molecule has 2 rings (SSSR count). The van der Waals surface area contributed by atoms with E-state index in [4.69, 9.17) is 16.3 Å². The van der Waals surface area contributed by atoms with Crippen LogP contribution < -0.4 is 14.8 Å². The zero-order chi connectivity index (χ0) is 20.2. The number of rotatable bonds is 7. The van der Waals surface area contributed by atoms with Crippen molar-refractivity contribution >= 4 is 38.9 Å². The molecule has 27 heavy (non-hydrogen) atoms. The van der Waals surface area contributed by atoms with E-state index in [0.717, 1.165) is 18.2 Å². The average Bonchev–Trinajstić information content (AvgIpc) is 2.62. The van der Waals surface area contributed by atoms with Crippen molar-refractivity contribution < 1.29 is 22.9 Å². The van der Waals surface area contributed by atoms with Gasteiger partial charge in [0.1, 0.15) is 5.75 Å². The molecule has 0 aliphatic heterocycles. The number of carbonyl (C=O) groups is 1. The fourth-order valence-electron chi connectivity index (χ4n) is 2.20.